The van der Waals surface area contributed by atoms with Crippen molar-refractivity contribution in [1.29, 1.82) is 0 Å². The highest BCUT2D eigenvalue weighted by Gasteiger charge is 2.05. The molecule has 0 aliphatic carbocycles. The first kappa shape index (κ1) is 23.2. The molecule has 1 atom stereocenters. The number of aliphatic imine (C=N–C) groups is 1. The van der Waals surface area contributed by atoms with Gasteiger partial charge in [-0.2, -0.15) is 0 Å². The average molecular weight is 503 g/mol. The van der Waals surface area contributed by atoms with Gasteiger partial charge >= 0.3 is 0 Å². The lowest BCUT2D eigenvalue weighted by Crippen LogP contribution is -2.34. The lowest BCUT2D eigenvalue weighted by molar-refractivity contribution is 0.354. The van der Waals surface area contributed by atoms with Crippen LogP contribution in [0.3, 0.4) is 0 Å². The number of hydrogen-bond donors (Lipinski definition) is 2. The highest BCUT2D eigenvalue weighted by atomic mass is 127. The number of ether oxygens (including phenoxy) is 2. The predicted molar refractivity (Wildman–Crippen MR) is 121 cm³/mol. The Bertz CT molecular complexity index is 757. The molecular weight excluding hydrogens is 477 g/mol. The van der Waals surface area contributed by atoms with E-state index in [0.717, 1.165) is 11.1 Å². The summed E-state index contributed by atoms with van der Waals surface area (Å²) in [6.45, 7) is 0.938. The Morgan fingerprint density at radius 2 is 1.78 bits per heavy atom. The van der Waals surface area contributed by atoms with Crippen LogP contribution in [0.4, 0.5) is 0 Å². The number of guanidine groups is 1. The smallest absolute Gasteiger partial charge is 0.188 e. The van der Waals surface area contributed by atoms with Gasteiger partial charge in [0.1, 0.15) is 0 Å². The minimum Gasteiger partial charge on any atom is -0.493 e. The van der Waals surface area contributed by atoms with Crippen molar-refractivity contribution in [2.45, 2.75) is 12.3 Å². The normalized spacial score (nSPS) is 12.0. The van der Waals surface area contributed by atoms with Crippen LogP contribution in [0, 0.1) is 0 Å². The molecule has 0 fully saturated rings. The predicted octanol–water partition coefficient (Wildman–Crippen LogP) is 2.68. The Hall–Kier alpha value is -1.81. The molecular formula is C19H26IN3O3S. The number of nitrogens with zero attached hydrogens (tertiary/aromatic N) is 1. The third-order valence-electron chi connectivity index (χ3n) is 3.69. The monoisotopic (exact) mass is 503 g/mol. The molecule has 0 saturated carbocycles. The fourth-order valence-electron chi connectivity index (χ4n) is 2.34. The maximum Gasteiger partial charge on any atom is 0.188 e. The molecule has 1 unspecified atom stereocenters. The van der Waals surface area contributed by atoms with Gasteiger partial charge in [0.15, 0.2) is 17.5 Å². The molecule has 27 heavy (non-hydrogen) atoms. The van der Waals surface area contributed by atoms with Crippen molar-refractivity contribution in [3.05, 3.63) is 59.7 Å². The van der Waals surface area contributed by atoms with E-state index in [1.807, 2.05) is 48.5 Å². The van der Waals surface area contributed by atoms with E-state index in [1.165, 1.54) is 0 Å². The molecule has 0 aliphatic heterocycles. The lowest BCUT2D eigenvalue weighted by atomic mass is 10.2. The minimum atomic E-state index is -0.939. The molecule has 2 aromatic rings. The molecule has 0 amide bonds. The van der Waals surface area contributed by atoms with Gasteiger partial charge < -0.3 is 20.5 Å². The standard InChI is InChI=1S/C19H25N3O3S.HI/c1-24-17-9-8-16(12-18(17)25-2)13-22-19(20)21-10-11-26(23)14-15-6-4-3-5-7-15;/h3-9,12H,10-11,13-14H2,1-2H3,(H3,20,21,22);1H. The molecule has 0 bridgehead atoms. The third kappa shape index (κ3) is 8.17. The zero-order valence-electron chi connectivity index (χ0n) is 15.5. The summed E-state index contributed by atoms with van der Waals surface area (Å²) >= 11 is 0. The van der Waals surface area contributed by atoms with E-state index < -0.39 is 10.8 Å². The van der Waals surface area contributed by atoms with Gasteiger partial charge in [-0.1, -0.05) is 36.4 Å². The molecule has 0 heterocycles. The zero-order chi connectivity index (χ0) is 18.8. The van der Waals surface area contributed by atoms with Crippen LogP contribution in [0.1, 0.15) is 11.1 Å². The van der Waals surface area contributed by atoms with Crippen LogP contribution in [0.15, 0.2) is 53.5 Å². The zero-order valence-corrected chi connectivity index (χ0v) is 18.7. The van der Waals surface area contributed by atoms with E-state index in [4.69, 9.17) is 15.2 Å². The molecule has 2 rings (SSSR count). The first-order valence-corrected chi connectivity index (χ1v) is 9.74. The maximum atomic E-state index is 12.1. The largest absolute Gasteiger partial charge is 0.493 e. The molecule has 0 aromatic heterocycles. The molecule has 6 nitrogen and oxygen atoms in total. The minimum absolute atomic E-state index is 0. The SMILES string of the molecule is COc1ccc(CN=C(N)NCCS(=O)Cc2ccccc2)cc1OC.I. The number of hydrogen-bond acceptors (Lipinski definition) is 4. The number of benzene rings is 2. The molecule has 0 radical (unpaired) electrons. The van der Waals surface area contributed by atoms with Crippen molar-refractivity contribution in [2.75, 3.05) is 26.5 Å². The quantitative estimate of drug-likeness (QED) is 0.312. The summed E-state index contributed by atoms with van der Waals surface area (Å²) in [5.41, 5.74) is 7.90. The Morgan fingerprint density at radius 1 is 1.07 bits per heavy atom. The molecule has 8 heteroatoms. The van der Waals surface area contributed by atoms with Crippen LogP contribution in [0.5, 0.6) is 11.5 Å². The van der Waals surface area contributed by atoms with Gasteiger partial charge in [-0.25, -0.2) is 4.99 Å². The van der Waals surface area contributed by atoms with Crippen molar-refractivity contribution < 1.29 is 13.7 Å². The summed E-state index contributed by atoms with van der Waals surface area (Å²) in [6, 6.07) is 15.4. The fourth-order valence-corrected chi connectivity index (χ4v) is 3.37. The summed E-state index contributed by atoms with van der Waals surface area (Å²) in [4.78, 5) is 4.29. The van der Waals surface area contributed by atoms with Gasteiger partial charge in [0.25, 0.3) is 0 Å². The van der Waals surface area contributed by atoms with Crippen molar-refractivity contribution in [1.82, 2.24) is 5.32 Å². The van der Waals surface area contributed by atoms with Crippen molar-refractivity contribution in [2.24, 2.45) is 10.7 Å². The van der Waals surface area contributed by atoms with E-state index in [1.54, 1.807) is 14.2 Å². The van der Waals surface area contributed by atoms with E-state index in [-0.39, 0.29) is 24.0 Å². The first-order valence-electron chi connectivity index (χ1n) is 8.26. The Balaban J connectivity index is 0.00000364. The van der Waals surface area contributed by atoms with Crippen LogP contribution >= 0.6 is 24.0 Å². The summed E-state index contributed by atoms with van der Waals surface area (Å²) in [5, 5.41) is 3.00. The van der Waals surface area contributed by atoms with Crippen LogP contribution in [0.2, 0.25) is 0 Å². The molecule has 148 valence electrons. The summed E-state index contributed by atoms with van der Waals surface area (Å²) in [5.74, 6) is 2.72. The number of halogens is 1. The van der Waals surface area contributed by atoms with Crippen molar-refractivity contribution in [3.63, 3.8) is 0 Å². The average Bonchev–Trinajstić information content (AvgIpc) is 2.66. The molecule has 3 N–H and O–H groups in total. The fraction of sp³-hybridized carbons (Fsp3) is 0.316. The second-order valence-electron chi connectivity index (χ2n) is 5.59. The van der Waals surface area contributed by atoms with Crippen LogP contribution in [-0.4, -0.2) is 36.7 Å². The van der Waals surface area contributed by atoms with Crippen molar-refractivity contribution in [3.8, 4) is 11.5 Å². The molecule has 0 spiro atoms. The third-order valence-corrected chi connectivity index (χ3v) is 5.00. The Kier molecular flexibility index (Phi) is 10.8. The van der Waals surface area contributed by atoms with Gasteiger partial charge in [0.2, 0.25) is 0 Å². The van der Waals surface area contributed by atoms with Gasteiger partial charge in [-0.3, -0.25) is 4.21 Å². The van der Waals surface area contributed by atoms with Gasteiger partial charge in [-0.05, 0) is 23.3 Å². The van der Waals surface area contributed by atoms with Crippen LogP contribution in [-0.2, 0) is 23.1 Å². The number of nitrogens with two attached hydrogens (primary N) is 1. The second kappa shape index (κ2) is 12.6. The molecule has 2 aromatic carbocycles. The number of methoxy groups -OCH3 is 2. The highest BCUT2D eigenvalue weighted by Crippen LogP contribution is 2.27. The van der Waals surface area contributed by atoms with E-state index in [0.29, 0.717) is 42.1 Å². The lowest BCUT2D eigenvalue weighted by Gasteiger charge is -2.09. The summed E-state index contributed by atoms with van der Waals surface area (Å²) in [7, 11) is 2.25. The van der Waals surface area contributed by atoms with Crippen LogP contribution < -0.4 is 20.5 Å². The maximum absolute atomic E-state index is 12.1. The van der Waals surface area contributed by atoms with Crippen LogP contribution in [0.25, 0.3) is 0 Å². The van der Waals surface area contributed by atoms with E-state index >= 15 is 0 Å². The van der Waals surface area contributed by atoms with Gasteiger partial charge in [-0.15, -0.1) is 24.0 Å². The van der Waals surface area contributed by atoms with E-state index in [9.17, 15) is 4.21 Å². The second-order valence-corrected chi connectivity index (χ2v) is 7.17. The Morgan fingerprint density at radius 3 is 2.44 bits per heavy atom. The molecule has 0 aliphatic rings. The van der Waals surface area contributed by atoms with Gasteiger partial charge in [0, 0.05) is 28.9 Å². The van der Waals surface area contributed by atoms with Gasteiger partial charge in [0.05, 0.1) is 20.8 Å². The number of rotatable bonds is 9. The summed E-state index contributed by atoms with van der Waals surface area (Å²) in [6.07, 6.45) is 0. The highest BCUT2D eigenvalue weighted by molar-refractivity contribution is 14.0. The summed E-state index contributed by atoms with van der Waals surface area (Å²) < 4.78 is 22.5. The number of nitrogens with one attached hydrogen (secondary N) is 1. The topological polar surface area (TPSA) is 85.9 Å². The first-order chi connectivity index (χ1) is 12.6. The Labute approximate surface area is 180 Å². The molecule has 0 saturated heterocycles. The van der Waals surface area contributed by atoms with Crippen molar-refractivity contribution >= 4 is 40.7 Å². The van der Waals surface area contributed by atoms with E-state index in [2.05, 4.69) is 10.3 Å².